The van der Waals surface area contributed by atoms with Crippen molar-refractivity contribution in [3.63, 3.8) is 0 Å². The summed E-state index contributed by atoms with van der Waals surface area (Å²) in [6.45, 7) is 2.16. The fourth-order valence-corrected chi connectivity index (χ4v) is 3.73. The number of nitrogens with zero attached hydrogens (tertiary/aromatic N) is 3. The van der Waals surface area contributed by atoms with Crippen molar-refractivity contribution in [3.05, 3.63) is 89.9 Å². The number of hydrogen-bond donors (Lipinski definition) is 0. The van der Waals surface area contributed by atoms with E-state index in [1.807, 2.05) is 54.9 Å². The van der Waals surface area contributed by atoms with Gasteiger partial charge in [-0.25, -0.2) is 0 Å². The topological polar surface area (TPSA) is 56.7 Å². The zero-order valence-electron chi connectivity index (χ0n) is 18.6. The van der Waals surface area contributed by atoms with Gasteiger partial charge in [-0.1, -0.05) is 12.1 Å². The Bertz CT molecular complexity index is 1180. The molecule has 2 aromatic heterocycles. The largest absolute Gasteiger partial charge is 0.497 e. The number of fused-ring (bicyclic) bond motifs is 1. The molecule has 0 amide bonds. The van der Waals surface area contributed by atoms with E-state index in [1.165, 1.54) is 5.56 Å². The van der Waals surface area contributed by atoms with Crippen molar-refractivity contribution >= 4 is 10.9 Å². The summed E-state index contributed by atoms with van der Waals surface area (Å²) in [7, 11) is 5.02. The highest BCUT2D eigenvalue weighted by atomic mass is 16.5. The van der Waals surface area contributed by atoms with E-state index in [-0.39, 0.29) is 0 Å². The number of methoxy groups -OCH3 is 3. The zero-order valence-corrected chi connectivity index (χ0v) is 18.6. The molecule has 0 bridgehead atoms. The van der Waals surface area contributed by atoms with Gasteiger partial charge in [-0.05, 0) is 48.0 Å². The van der Waals surface area contributed by atoms with Crippen molar-refractivity contribution in [2.24, 2.45) is 0 Å². The SMILES string of the molecule is COc1ccc(CN(Cc2ccncc2)Cc2ccc3cc(OC)ccc3n2)c(OC)c1. The van der Waals surface area contributed by atoms with E-state index in [4.69, 9.17) is 19.2 Å². The quantitative estimate of drug-likeness (QED) is 0.379. The molecule has 164 valence electrons. The fraction of sp³-hybridized carbons (Fsp3) is 0.231. The molecule has 6 heteroatoms. The first-order valence-electron chi connectivity index (χ1n) is 10.4. The van der Waals surface area contributed by atoms with Gasteiger partial charge in [0.2, 0.25) is 0 Å². The minimum absolute atomic E-state index is 0.694. The Labute approximate surface area is 188 Å². The van der Waals surface area contributed by atoms with E-state index < -0.39 is 0 Å². The minimum atomic E-state index is 0.694. The predicted molar refractivity (Wildman–Crippen MR) is 125 cm³/mol. The smallest absolute Gasteiger partial charge is 0.127 e. The summed E-state index contributed by atoms with van der Waals surface area (Å²) in [5, 5.41) is 1.06. The van der Waals surface area contributed by atoms with Gasteiger partial charge in [0.1, 0.15) is 17.2 Å². The molecule has 2 heterocycles. The van der Waals surface area contributed by atoms with Gasteiger partial charge in [-0.2, -0.15) is 0 Å². The number of rotatable bonds is 9. The van der Waals surface area contributed by atoms with Crippen LogP contribution in [-0.4, -0.2) is 36.2 Å². The summed E-state index contributed by atoms with van der Waals surface area (Å²) in [6, 6.07) is 20.1. The molecule has 32 heavy (non-hydrogen) atoms. The highest BCUT2D eigenvalue weighted by Gasteiger charge is 2.14. The van der Waals surface area contributed by atoms with Crippen molar-refractivity contribution < 1.29 is 14.2 Å². The van der Waals surface area contributed by atoms with Crippen LogP contribution in [0.3, 0.4) is 0 Å². The molecular formula is C26H27N3O3. The third-order valence-electron chi connectivity index (χ3n) is 5.38. The van der Waals surface area contributed by atoms with E-state index in [0.29, 0.717) is 13.1 Å². The molecule has 0 unspecified atom stereocenters. The molecule has 0 aliphatic heterocycles. The summed E-state index contributed by atoms with van der Waals surface area (Å²) in [6.07, 6.45) is 3.65. The average Bonchev–Trinajstić information content (AvgIpc) is 2.84. The van der Waals surface area contributed by atoms with Gasteiger partial charge < -0.3 is 14.2 Å². The van der Waals surface area contributed by atoms with E-state index >= 15 is 0 Å². The lowest BCUT2D eigenvalue weighted by atomic mass is 10.1. The maximum absolute atomic E-state index is 5.62. The molecule has 0 N–H and O–H groups in total. The molecule has 0 aliphatic carbocycles. The normalized spacial score (nSPS) is 11.0. The Morgan fingerprint density at radius 2 is 1.47 bits per heavy atom. The summed E-state index contributed by atoms with van der Waals surface area (Å²) >= 11 is 0. The van der Waals surface area contributed by atoms with Gasteiger partial charge in [0.15, 0.2) is 0 Å². The molecule has 2 aromatic carbocycles. The lowest BCUT2D eigenvalue weighted by molar-refractivity contribution is 0.240. The molecule has 4 rings (SSSR count). The number of pyridine rings is 2. The predicted octanol–water partition coefficient (Wildman–Crippen LogP) is 4.86. The first-order chi connectivity index (χ1) is 15.7. The van der Waals surface area contributed by atoms with Crippen molar-refractivity contribution in [2.75, 3.05) is 21.3 Å². The third-order valence-corrected chi connectivity index (χ3v) is 5.38. The zero-order chi connectivity index (χ0) is 22.3. The standard InChI is InChI=1S/C26H27N3O3/c1-30-23-8-9-25-20(14-23)4-6-22(28-25)18-29(16-19-10-12-27-13-11-19)17-21-5-7-24(31-2)15-26(21)32-3/h4-15H,16-18H2,1-3H3. The van der Waals surface area contributed by atoms with Crippen LogP contribution in [0.5, 0.6) is 17.2 Å². The summed E-state index contributed by atoms with van der Waals surface area (Å²) in [4.78, 5) is 11.4. The molecule has 0 aliphatic rings. The molecule has 0 radical (unpaired) electrons. The van der Waals surface area contributed by atoms with Crippen LogP contribution in [0.2, 0.25) is 0 Å². The number of ether oxygens (including phenoxy) is 3. The van der Waals surface area contributed by atoms with Gasteiger partial charge in [0.25, 0.3) is 0 Å². The molecule has 4 aromatic rings. The Morgan fingerprint density at radius 3 is 2.22 bits per heavy atom. The first-order valence-corrected chi connectivity index (χ1v) is 10.4. The maximum atomic E-state index is 5.62. The first kappa shape index (κ1) is 21.6. The monoisotopic (exact) mass is 429 g/mol. The summed E-state index contributed by atoms with van der Waals surface area (Å²) in [5.74, 6) is 2.42. The number of hydrogen-bond acceptors (Lipinski definition) is 6. The average molecular weight is 430 g/mol. The molecule has 0 saturated carbocycles. The number of aromatic nitrogens is 2. The van der Waals surface area contributed by atoms with Crippen LogP contribution in [0.4, 0.5) is 0 Å². The Balaban J connectivity index is 1.61. The summed E-state index contributed by atoms with van der Waals surface area (Å²) in [5.41, 5.74) is 4.24. The van der Waals surface area contributed by atoms with Crippen molar-refractivity contribution in [2.45, 2.75) is 19.6 Å². The molecule has 6 nitrogen and oxygen atoms in total. The van der Waals surface area contributed by atoms with Gasteiger partial charge in [-0.3, -0.25) is 14.9 Å². The van der Waals surface area contributed by atoms with Gasteiger partial charge in [-0.15, -0.1) is 0 Å². The second-order valence-corrected chi connectivity index (χ2v) is 7.54. The summed E-state index contributed by atoms with van der Waals surface area (Å²) < 4.78 is 16.3. The van der Waals surface area contributed by atoms with Gasteiger partial charge in [0.05, 0.1) is 32.5 Å². The highest BCUT2D eigenvalue weighted by Crippen LogP contribution is 2.27. The van der Waals surface area contributed by atoms with Crippen molar-refractivity contribution in [1.82, 2.24) is 14.9 Å². The van der Waals surface area contributed by atoms with E-state index in [1.54, 1.807) is 21.3 Å². The molecular weight excluding hydrogens is 402 g/mol. The third kappa shape index (κ3) is 5.15. The van der Waals surface area contributed by atoms with Crippen LogP contribution in [0, 0.1) is 0 Å². The second-order valence-electron chi connectivity index (χ2n) is 7.54. The fourth-order valence-electron chi connectivity index (χ4n) is 3.73. The van der Waals surface area contributed by atoms with E-state index in [9.17, 15) is 0 Å². The second kappa shape index (κ2) is 10.1. The molecule has 0 fully saturated rings. The van der Waals surface area contributed by atoms with Gasteiger partial charge >= 0.3 is 0 Å². The van der Waals surface area contributed by atoms with Crippen LogP contribution in [-0.2, 0) is 19.6 Å². The Hall–Kier alpha value is -3.64. The van der Waals surface area contributed by atoms with Crippen LogP contribution in [0.25, 0.3) is 10.9 Å². The Kier molecular flexibility index (Phi) is 6.82. The molecule has 0 atom stereocenters. The Morgan fingerprint density at radius 1 is 0.719 bits per heavy atom. The van der Waals surface area contributed by atoms with Crippen LogP contribution in [0.15, 0.2) is 73.1 Å². The highest BCUT2D eigenvalue weighted by molar-refractivity contribution is 5.80. The van der Waals surface area contributed by atoms with Crippen molar-refractivity contribution in [1.29, 1.82) is 0 Å². The van der Waals surface area contributed by atoms with Gasteiger partial charge in [0, 0.05) is 49.0 Å². The number of benzene rings is 2. The van der Waals surface area contributed by atoms with E-state index in [0.717, 1.165) is 46.0 Å². The van der Waals surface area contributed by atoms with Crippen LogP contribution in [0.1, 0.15) is 16.8 Å². The molecule has 0 spiro atoms. The minimum Gasteiger partial charge on any atom is -0.497 e. The van der Waals surface area contributed by atoms with Crippen LogP contribution < -0.4 is 14.2 Å². The lowest BCUT2D eigenvalue weighted by Gasteiger charge is -2.23. The lowest BCUT2D eigenvalue weighted by Crippen LogP contribution is -2.23. The maximum Gasteiger partial charge on any atom is 0.127 e. The molecule has 0 saturated heterocycles. The van der Waals surface area contributed by atoms with Crippen molar-refractivity contribution in [3.8, 4) is 17.2 Å². The van der Waals surface area contributed by atoms with E-state index in [2.05, 4.69) is 28.1 Å². The van der Waals surface area contributed by atoms with Crippen LogP contribution >= 0.6 is 0 Å².